The third kappa shape index (κ3) is 8.75. The Labute approximate surface area is 227 Å². The predicted octanol–water partition coefficient (Wildman–Crippen LogP) is 5.07. The van der Waals surface area contributed by atoms with Crippen molar-refractivity contribution in [2.24, 2.45) is 5.92 Å². The number of fused-ring (bicyclic) bond motifs is 1. The number of H-pyrrole nitrogens is 1. The number of Topliss-reactive ketones (excluding diaryl/α,β-unsaturated/α-hetero) is 1. The molecule has 2 aromatic heterocycles. The van der Waals surface area contributed by atoms with Gasteiger partial charge in [-0.1, -0.05) is 33.3 Å². The van der Waals surface area contributed by atoms with Gasteiger partial charge in [-0.15, -0.1) is 6.58 Å². The SMILES string of the molecule is C=CCN(CC(C)CC)c1ccc(C#N)cn1.CCC(=O)CCN(C)C1CCc2c1n[nH]c(=O)c2C(F)(F)F. The van der Waals surface area contributed by atoms with Gasteiger partial charge in [-0.2, -0.15) is 23.5 Å². The zero-order valence-electron chi connectivity index (χ0n) is 23.0. The molecule has 0 aromatic carbocycles. The fourth-order valence-electron chi connectivity index (χ4n) is 4.37. The Kier molecular flexibility index (Phi) is 11.9. The molecule has 3 rings (SSSR count). The van der Waals surface area contributed by atoms with Crippen molar-refractivity contribution in [3.05, 3.63) is 63.7 Å². The number of ketones is 1. The fourth-order valence-corrected chi connectivity index (χ4v) is 4.37. The summed E-state index contributed by atoms with van der Waals surface area (Å²) in [5.41, 5.74) is -1.50. The Morgan fingerprint density at radius 1 is 1.36 bits per heavy atom. The lowest BCUT2D eigenvalue weighted by atomic mass is 10.1. The van der Waals surface area contributed by atoms with Crippen LogP contribution in [0.15, 0.2) is 35.8 Å². The third-order valence-electron chi connectivity index (χ3n) is 6.83. The van der Waals surface area contributed by atoms with Crippen LogP contribution in [-0.4, -0.2) is 52.5 Å². The molecule has 39 heavy (non-hydrogen) atoms. The first-order valence-electron chi connectivity index (χ1n) is 13.1. The van der Waals surface area contributed by atoms with Crippen LogP contribution in [0, 0.1) is 17.2 Å². The van der Waals surface area contributed by atoms with Crippen molar-refractivity contribution in [2.75, 3.05) is 31.6 Å². The molecule has 2 aromatic rings. The number of anilines is 1. The average Bonchev–Trinajstić information content (AvgIpc) is 3.34. The van der Waals surface area contributed by atoms with Crippen molar-refractivity contribution < 1.29 is 18.0 Å². The van der Waals surface area contributed by atoms with Crippen LogP contribution in [0.4, 0.5) is 19.0 Å². The van der Waals surface area contributed by atoms with Gasteiger partial charge in [0.2, 0.25) is 0 Å². The van der Waals surface area contributed by atoms with E-state index in [0.717, 1.165) is 25.3 Å². The minimum Gasteiger partial charge on any atom is -0.353 e. The quantitative estimate of drug-likeness (QED) is 0.392. The summed E-state index contributed by atoms with van der Waals surface area (Å²) in [6.07, 6.45) is 1.37. The van der Waals surface area contributed by atoms with Crippen LogP contribution in [0.25, 0.3) is 0 Å². The molecule has 0 amide bonds. The summed E-state index contributed by atoms with van der Waals surface area (Å²) in [5.74, 6) is 1.63. The second-order valence-electron chi connectivity index (χ2n) is 9.69. The second kappa shape index (κ2) is 14.6. The number of alkyl halides is 3. The lowest BCUT2D eigenvalue weighted by Gasteiger charge is -2.25. The maximum Gasteiger partial charge on any atom is 0.422 e. The maximum absolute atomic E-state index is 13.0. The van der Waals surface area contributed by atoms with E-state index in [-0.39, 0.29) is 29.5 Å². The Hall–Kier alpha value is -3.52. The molecule has 0 fully saturated rings. The number of halogens is 3. The Bertz CT molecular complexity index is 1200. The molecular weight excluding hydrogens is 509 g/mol. The van der Waals surface area contributed by atoms with E-state index in [4.69, 9.17) is 5.26 Å². The summed E-state index contributed by atoms with van der Waals surface area (Å²) < 4.78 is 39.1. The van der Waals surface area contributed by atoms with Crippen molar-refractivity contribution in [1.82, 2.24) is 20.1 Å². The number of hydrogen-bond donors (Lipinski definition) is 1. The van der Waals surface area contributed by atoms with Crippen molar-refractivity contribution in [2.45, 2.75) is 65.1 Å². The smallest absolute Gasteiger partial charge is 0.353 e. The number of pyridine rings is 1. The lowest BCUT2D eigenvalue weighted by Crippen LogP contribution is -2.29. The molecule has 212 valence electrons. The van der Waals surface area contributed by atoms with E-state index in [1.807, 2.05) is 22.1 Å². The van der Waals surface area contributed by atoms with E-state index < -0.39 is 17.3 Å². The maximum atomic E-state index is 13.0. The average molecular weight is 547 g/mol. The molecule has 0 aliphatic heterocycles. The van der Waals surface area contributed by atoms with Gasteiger partial charge < -0.3 is 4.90 Å². The molecule has 0 spiro atoms. The van der Waals surface area contributed by atoms with Crippen LogP contribution in [0.2, 0.25) is 0 Å². The number of hydrogen-bond acceptors (Lipinski definition) is 7. The van der Waals surface area contributed by atoms with Crippen LogP contribution in [0.5, 0.6) is 0 Å². The zero-order chi connectivity index (χ0) is 29.2. The molecule has 2 unspecified atom stereocenters. The van der Waals surface area contributed by atoms with Crippen molar-refractivity contribution in [3.63, 3.8) is 0 Å². The van der Waals surface area contributed by atoms with Crippen LogP contribution >= 0.6 is 0 Å². The summed E-state index contributed by atoms with van der Waals surface area (Å²) in [4.78, 5) is 31.1. The number of carbonyl (C=O) groups is 1. The first-order chi connectivity index (χ1) is 18.5. The van der Waals surface area contributed by atoms with Gasteiger partial charge in [0.25, 0.3) is 5.56 Å². The van der Waals surface area contributed by atoms with Crippen molar-refractivity contribution in [1.29, 1.82) is 5.26 Å². The molecule has 8 nitrogen and oxygen atoms in total. The Morgan fingerprint density at radius 2 is 2.08 bits per heavy atom. The summed E-state index contributed by atoms with van der Waals surface area (Å²) in [6, 6.07) is 5.46. The van der Waals surface area contributed by atoms with Gasteiger partial charge in [0, 0.05) is 38.7 Å². The van der Waals surface area contributed by atoms with Gasteiger partial charge in [0.15, 0.2) is 0 Å². The van der Waals surface area contributed by atoms with Gasteiger partial charge in [-0.05, 0) is 43.5 Å². The molecule has 0 saturated carbocycles. The van der Waals surface area contributed by atoms with Crippen molar-refractivity contribution in [3.8, 4) is 6.07 Å². The van der Waals surface area contributed by atoms with E-state index in [2.05, 4.69) is 41.5 Å². The van der Waals surface area contributed by atoms with E-state index in [9.17, 15) is 22.8 Å². The summed E-state index contributed by atoms with van der Waals surface area (Å²) >= 11 is 0. The first-order valence-corrected chi connectivity index (χ1v) is 13.1. The molecule has 1 aliphatic rings. The van der Waals surface area contributed by atoms with E-state index in [1.165, 1.54) is 0 Å². The van der Waals surface area contributed by atoms with Crippen LogP contribution < -0.4 is 10.5 Å². The summed E-state index contributed by atoms with van der Waals surface area (Å²) in [6.45, 7) is 12.1. The van der Waals surface area contributed by atoms with Gasteiger partial charge in [0.1, 0.15) is 23.2 Å². The zero-order valence-corrected chi connectivity index (χ0v) is 23.0. The van der Waals surface area contributed by atoms with Gasteiger partial charge in [-0.3, -0.25) is 14.5 Å². The number of nitrogens with one attached hydrogen (secondary N) is 1. The normalized spacial score (nSPS) is 15.1. The summed E-state index contributed by atoms with van der Waals surface area (Å²) in [5, 5.41) is 14.5. The van der Waals surface area contributed by atoms with Gasteiger partial charge in [0.05, 0.1) is 17.3 Å². The molecule has 1 N–H and O–H groups in total. The molecule has 0 bridgehead atoms. The molecule has 2 atom stereocenters. The first kappa shape index (κ1) is 31.7. The predicted molar refractivity (Wildman–Crippen MR) is 144 cm³/mol. The standard InChI is InChI=1S/C14H18F3N3O2.C14H19N3/c1-3-8(21)6-7-20(2)10-5-4-9-11(14(15,16)17)13(22)19-18-12(9)10;1-4-8-17(11-12(3)5-2)14-7-6-13(9-15)10-16-14/h10H,3-7H2,1-2H3,(H,19,22);4,6-7,10,12H,1,5,8,11H2,2-3H3. The summed E-state index contributed by atoms with van der Waals surface area (Å²) in [7, 11) is 1.75. The highest BCUT2D eigenvalue weighted by Crippen LogP contribution is 2.39. The minimum atomic E-state index is -4.69. The molecule has 1 aliphatic carbocycles. The number of nitrogens with zero attached hydrogens (tertiary/aromatic N) is 5. The number of nitriles is 1. The van der Waals surface area contributed by atoms with Crippen LogP contribution in [0.3, 0.4) is 0 Å². The van der Waals surface area contributed by atoms with Gasteiger partial charge in [-0.25, -0.2) is 10.1 Å². The highest BCUT2D eigenvalue weighted by atomic mass is 19.4. The highest BCUT2D eigenvalue weighted by Gasteiger charge is 2.41. The molecule has 0 radical (unpaired) electrons. The number of aromatic nitrogens is 3. The minimum absolute atomic E-state index is 0.0186. The largest absolute Gasteiger partial charge is 0.422 e. The Morgan fingerprint density at radius 3 is 2.62 bits per heavy atom. The molecule has 2 heterocycles. The van der Waals surface area contributed by atoms with E-state index in [1.54, 1.807) is 26.2 Å². The van der Waals surface area contributed by atoms with Gasteiger partial charge >= 0.3 is 6.18 Å². The number of rotatable bonds is 11. The monoisotopic (exact) mass is 546 g/mol. The molecular formula is C28H37F3N6O2. The Balaban J connectivity index is 0.000000283. The lowest BCUT2D eigenvalue weighted by molar-refractivity contribution is -0.139. The molecule has 0 saturated heterocycles. The van der Waals surface area contributed by atoms with Crippen LogP contribution in [0.1, 0.15) is 74.9 Å². The van der Waals surface area contributed by atoms with E-state index in [0.29, 0.717) is 37.3 Å². The topological polar surface area (TPSA) is 106 Å². The highest BCUT2D eigenvalue weighted by molar-refractivity contribution is 5.78. The second-order valence-corrected chi connectivity index (χ2v) is 9.69. The van der Waals surface area contributed by atoms with Crippen LogP contribution in [-0.2, 0) is 17.4 Å². The molecule has 11 heteroatoms. The van der Waals surface area contributed by atoms with Crippen molar-refractivity contribution >= 4 is 11.6 Å². The number of carbonyl (C=O) groups excluding carboxylic acids is 1. The third-order valence-corrected chi connectivity index (χ3v) is 6.83. The fraction of sp³-hybridized carbons (Fsp3) is 0.536. The van der Waals surface area contributed by atoms with E-state index >= 15 is 0 Å². The number of aromatic amines is 1.